The third kappa shape index (κ3) is 3.65. The monoisotopic (exact) mass is 420 g/mol. The molecule has 2 aliphatic rings. The van der Waals surface area contributed by atoms with Gasteiger partial charge in [0, 0.05) is 18.2 Å². The van der Waals surface area contributed by atoms with Crippen molar-refractivity contribution in [2.75, 3.05) is 21.7 Å². The van der Waals surface area contributed by atoms with Gasteiger partial charge in [0.2, 0.25) is 11.8 Å². The highest BCUT2D eigenvalue weighted by Crippen LogP contribution is 2.32. The van der Waals surface area contributed by atoms with Crippen molar-refractivity contribution in [2.45, 2.75) is 39.3 Å². The Balaban J connectivity index is 1.61. The summed E-state index contributed by atoms with van der Waals surface area (Å²) in [5.41, 5.74) is 2.72. The molecule has 1 fully saturated rings. The maximum atomic E-state index is 13.3. The summed E-state index contributed by atoms with van der Waals surface area (Å²) in [6, 6.07) is 12.7. The number of nitrogens with zero attached hydrogens (tertiary/aromatic N) is 3. The summed E-state index contributed by atoms with van der Waals surface area (Å²) in [6.45, 7) is 4.97. The van der Waals surface area contributed by atoms with Gasteiger partial charge in [-0.05, 0) is 45.0 Å². The van der Waals surface area contributed by atoms with Crippen molar-refractivity contribution in [3.05, 3.63) is 54.1 Å². The second kappa shape index (κ2) is 7.86. The van der Waals surface area contributed by atoms with Gasteiger partial charge in [-0.15, -0.1) is 0 Å². The van der Waals surface area contributed by atoms with E-state index in [0.29, 0.717) is 17.1 Å². The first kappa shape index (κ1) is 20.6. The van der Waals surface area contributed by atoms with Crippen LogP contribution >= 0.6 is 0 Å². The second-order valence-corrected chi connectivity index (χ2v) is 7.97. The summed E-state index contributed by atoms with van der Waals surface area (Å²) in [5, 5.41) is 2.80. The number of imide groups is 1. The maximum Gasteiger partial charge on any atom is 0.332 e. The Morgan fingerprint density at radius 2 is 1.71 bits per heavy atom. The van der Waals surface area contributed by atoms with Gasteiger partial charge < -0.3 is 10.2 Å². The van der Waals surface area contributed by atoms with Crippen LogP contribution in [0.5, 0.6) is 0 Å². The predicted octanol–water partition coefficient (Wildman–Crippen LogP) is 2.92. The Morgan fingerprint density at radius 3 is 2.42 bits per heavy atom. The first-order valence-corrected chi connectivity index (χ1v) is 10.2. The minimum Gasteiger partial charge on any atom is -0.324 e. The third-order valence-electron chi connectivity index (χ3n) is 5.68. The van der Waals surface area contributed by atoms with Crippen LogP contribution in [0, 0.1) is 6.92 Å². The maximum absolute atomic E-state index is 13.3. The molecule has 1 N–H and O–H groups in total. The summed E-state index contributed by atoms with van der Waals surface area (Å²) in [6.07, 6.45) is 0.119. The van der Waals surface area contributed by atoms with E-state index >= 15 is 0 Å². The lowest BCUT2D eigenvalue weighted by molar-refractivity contribution is -0.131. The fraction of sp³-hybridized carbons (Fsp3) is 0.304. The number of amides is 5. The van der Waals surface area contributed by atoms with Crippen LogP contribution in [-0.4, -0.2) is 47.3 Å². The van der Waals surface area contributed by atoms with E-state index in [1.807, 2.05) is 19.1 Å². The minimum atomic E-state index is -0.708. The largest absolute Gasteiger partial charge is 0.332 e. The first-order chi connectivity index (χ1) is 14.8. The Kier molecular flexibility index (Phi) is 5.22. The molecule has 31 heavy (non-hydrogen) atoms. The summed E-state index contributed by atoms with van der Waals surface area (Å²) < 4.78 is 0. The van der Waals surface area contributed by atoms with Crippen molar-refractivity contribution < 1.29 is 19.2 Å². The molecule has 0 aliphatic carbocycles. The lowest BCUT2D eigenvalue weighted by Crippen LogP contribution is -2.47. The second-order valence-electron chi connectivity index (χ2n) is 7.97. The molecule has 4 rings (SSSR count). The van der Waals surface area contributed by atoms with Gasteiger partial charge >= 0.3 is 6.03 Å². The van der Waals surface area contributed by atoms with Crippen molar-refractivity contribution in [1.82, 2.24) is 4.90 Å². The molecule has 0 radical (unpaired) electrons. The molecule has 0 aromatic heterocycles. The standard InChI is InChI=1S/C23H24N4O4/c1-14-8-10-17(11-9-14)27-16(3)22(30)25(23(27)31)13-21(29)26-15(2)12-20(28)24-18-6-4-5-7-19(18)26/h4-11,15-16H,12-13H2,1-3H3,(H,24,28). The van der Waals surface area contributed by atoms with Crippen LogP contribution in [-0.2, 0) is 14.4 Å². The van der Waals surface area contributed by atoms with Gasteiger partial charge in [0.05, 0.1) is 11.4 Å². The molecular formula is C23H24N4O4. The quantitative estimate of drug-likeness (QED) is 0.773. The molecule has 2 aliphatic heterocycles. The van der Waals surface area contributed by atoms with Gasteiger partial charge in [0.1, 0.15) is 12.6 Å². The topological polar surface area (TPSA) is 90.0 Å². The van der Waals surface area contributed by atoms with Crippen LogP contribution in [0.15, 0.2) is 48.5 Å². The number of carbonyl (C=O) groups excluding carboxylic acids is 4. The van der Waals surface area contributed by atoms with E-state index in [9.17, 15) is 19.2 Å². The number of nitrogens with one attached hydrogen (secondary N) is 1. The SMILES string of the molecule is Cc1ccc(N2C(=O)N(CC(=O)N3c4ccccc4NC(=O)CC3C)C(=O)C2C)cc1. The molecule has 0 spiro atoms. The van der Waals surface area contributed by atoms with Gasteiger partial charge in [-0.25, -0.2) is 4.79 Å². The van der Waals surface area contributed by atoms with Gasteiger partial charge in [0.15, 0.2) is 0 Å². The van der Waals surface area contributed by atoms with Crippen LogP contribution in [0.1, 0.15) is 25.8 Å². The molecule has 2 unspecified atom stereocenters. The van der Waals surface area contributed by atoms with E-state index in [1.165, 1.54) is 9.80 Å². The van der Waals surface area contributed by atoms with Gasteiger partial charge in [-0.1, -0.05) is 29.8 Å². The zero-order valence-electron chi connectivity index (χ0n) is 17.7. The van der Waals surface area contributed by atoms with Crippen LogP contribution in [0.3, 0.4) is 0 Å². The van der Waals surface area contributed by atoms with Crippen molar-refractivity contribution in [3.8, 4) is 0 Å². The van der Waals surface area contributed by atoms with E-state index < -0.39 is 36.5 Å². The van der Waals surface area contributed by atoms with Crippen LogP contribution < -0.4 is 15.1 Å². The number of aryl methyl sites for hydroxylation is 1. The molecule has 2 aromatic rings. The Bertz CT molecular complexity index is 1070. The smallest absolute Gasteiger partial charge is 0.324 e. The normalized spacial score (nSPS) is 21.1. The molecule has 160 valence electrons. The van der Waals surface area contributed by atoms with Crippen LogP contribution in [0.4, 0.5) is 21.9 Å². The fourth-order valence-electron chi connectivity index (χ4n) is 4.09. The van der Waals surface area contributed by atoms with Crippen molar-refractivity contribution in [3.63, 3.8) is 0 Å². The summed E-state index contributed by atoms with van der Waals surface area (Å²) in [4.78, 5) is 55.3. The molecule has 2 aromatic carbocycles. The lowest BCUT2D eigenvalue weighted by Gasteiger charge is -2.29. The first-order valence-electron chi connectivity index (χ1n) is 10.2. The highest BCUT2D eigenvalue weighted by molar-refractivity contribution is 6.16. The highest BCUT2D eigenvalue weighted by atomic mass is 16.2. The summed E-state index contributed by atoms with van der Waals surface area (Å²) >= 11 is 0. The average molecular weight is 420 g/mol. The van der Waals surface area contributed by atoms with Crippen LogP contribution in [0.2, 0.25) is 0 Å². The van der Waals surface area contributed by atoms with Crippen molar-refractivity contribution >= 4 is 40.8 Å². The van der Waals surface area contributed by atoms with E-state index in [1.54, 1.807) is 50.2 Å². The fourth-order valence-corrected chi connectivity index (χ4v) is 4.09. The number of hydrogen-bond donors (Lipinski definition) is 1. The highest BCUT2D eigenvalue weighted by Gasteiger charge is 2.45. The van der Waals surface area contributed by atoms with Gasteiger partial charge in [0.25, 0.3) is 5.91 Å². The number of anilines is 3. The Hall–Kier alpha value is -3.68. The predicted molar refractivity (Wildman–Crippen MR) is 117 cm³/mol. The molecule has 8 heteroatoms. The molecular weight excluding hydrogens is 396 g/mol. The molecule has 0 saturated carbocycles. The van der Waals surface area contributed by atoms with Gasteiger partial charge in [-0.3, -0.25) is 24.2 Å². The van der Waals surface area contributed by atoms with Crippen LogP contribution in [0.25, 0.3) is 0 Å². The van der Waals surface area contributed by atoms with Gasteiger partial charge in [-0.2, -0.15) is 0 Å². The van der Waals surface area contributed by atoms with E-state index in [4.69, 9.17) is 0 Å². The molecule has 2 heterocycles. The number of carbonyl (C=O) groups is 4. The average Bonchev–Trinajstić information content (AvgIpc) is 2.85. The lowest BCUT2D eigenvalue weighted by atomic mass is 10.1. The number of hydrogen-bond acceptors (Lipinski definition) is 4. The van der Waals surface area contributed by atoms with E-state index in [-0.39, 0.29) is 12.3 Å². The minimum absolute atomic E-state index is 0.119. The third-order valence-corrected chi connectivity index (χ3v) is 5.68. The van der Waals surface area contributed by atoms with E-state index in [2.05, 4.69) is 5.32 Å². The van der Waals surface area contributed by atoms with Crippen molar-refractivity contribution in [2.24, 2.45) is 0 Å². The zero-order valence-corrected chi connectivity index (χ0v) is 17.7. The zero-order chi connectivity index (χ0) is 22.3. The molecule has 1 saturated heterocycles. The summed E-state index contributed by atoms with van der Waals surface area (Å²) in [7, 11) is 0. The number of benzene rings is 2. The summed E-state index contributed by atoms with van der Waals surface area (Å²) in [5.74, 6) is -1.04. The Labute approximate surface area is 180 Å². The number of rotatable bonds is 3. The Morgan fingerprint density at radius 1 is 1.03 bits per heavy atom. The number of urea groups is 1. The molecule has 0 bridgehead atoms. The molecule has 5 amide bonds. The van der Waals surface area contributed by atoms with Crippen molar-refractivity contribution in [1.29, 1.82) is 0 Å². The molecule has 8 nitrogen and oxygen atoms in total. The molecule has 2 atom stereocenters. The number of para-hydroxylation sites is 2. The van der Waals surface area contributed by atoms with E-state index in [0.717, 1.165) is 10.5 Å². The number of fused-ring (bicyclic) bond motifs is 1.